The Bertz CT molecular complexity index is 930. The van der Waals surface area contributed by atoms with E-state index in [2.05, 4.69) is 25.8 Å². The second-order valence-corrected chi connectivity index (χ2v) is 5.18. The van der Waals surface area contributed by atoms with Gasteiger partial charge in [0, 0.05) is 11.4 Å². The second kappa shape index (κ2) is 7.06. The minimum absolute atomic E-state index is 0.128. The molecule has 0 aliphatic heterocycles. The second-order valence-electron chi connectivity index (χ2n) is 5.18. The fraction of sp³-hybridized carbons (Fsp3) is 0.0588. The fourth-order valence-corrected chi connectivity index (χ4v) is 2.06. The van der Waals surface area contributed by atoms with E-state index < -0.39 is 11.7 Å². The molecule has 6 nitrogen and oxygen atoms in total. The van der Waals surface area contributed by atoms with Gasteiger partial charge >= 0.3 is 6.18 Å². The molecule has 1 aromatic heterocycles. The van der Waals surface area contributed by atoms with Gasteiger partial charge in [-0.1, -0.05) is 0 Å². The number of nitrogens with zero attached hydrogens (tertiary/aromatic N) is 4. The number of halogens is 3. The summed E-state index contributed by atoms with van der Waals surface area (Å²) < 4.78 is 37.7. The van der Waals surface area contributed by atoms with Gasteiger partial charge < -0.3 is 10.6 Å². The number of rotatable bonds is 4. The smallest absolute Gasteiger partial charge is 0.339 e. The van der Waals surface area contributed by atoms with Crippen molar-refractivity contribution in [2.75, 3.05) is 10.6 Å². The van der Waals surface area contributed by atoms with Crippen LogP contribution in [0.25, 0.3) is 0 Å². The lowest BCUT2D eigenvalue weighted by atomic mass is 10.2. The van der Waals surface area contributed by atoms with Gasteiger partial charge in [0.25, 0.3) is 0 Å². The first-order valence-electron chi connectivity index (χ1n) is 7.35. The zero-order valence-electron chi connectivity index (χ0n) is 13.1. The van der Waals surface area contributed by atoms with Gasteiger partial charge in [0.15, 0.2) is 5.82 Å². The predicted octanol–water partition coefficient (Wildman–Crippen LogP) is 4.25. The molecule has 3 rings (SSSR count). The molecular weight excluding hydrogens is 345 g/mol. The molecule has 0 fully saturated rings. The lowest BCUT2D eigenvalue weighted by Crippen LogP contribution is -2.05. The van der Waals surface area contributed by atoms with Crippen LogP contribution in [0.5, 0.6) is 0 Å². The van der Waals surface area contributed by atoms with E-state index in [4.69, 9.17) is 5.26 Å². The van der Waals surface area contributed by atoms with Crippen molar-refractivity contribution in [1.29, 1.82) is 5.26 Å². The van der Waals surface area contributed by atoms with Crippen LogP contribution in [0.4, 0.5) is 36.3 Å². The molecule has 0 atom stereocenters. The predicted molar refractivity (Wildman–Crippen MR) is 89.0 cm³/mol. The van der Waals surface area contributed by atoms with E-state index in [0.717, 1.165) is 12.1 Å². The van der Waals surface area contributed by atoms with Gasteiger partial charge in [-0.2, -0.15) is 28.5 Å². The number of hydrogen-bond acceptors (Lipinski definition) is 6. The van der Waals surface area contributed by atoms with Crippen LogP contribution in [0.15, 0.2) is 54.7 Å². The number of alkyl halides is 3. The molecule has 0 aliphatic carbocycles. The summed E-state index contributed by atoms with van der Waals surface area (Å²) in [5.41, 5.74) is 0.889. The molecule has 2 N–H and O–H groups in total. The summed E-state index contributed by atoms with van der Waals surface area (Å²) in [6, 6.07) is 13.3. The molecule has 26 heavy (non-hydrogen) atoms. The number of benzene rings is 2. The lowest BCUT2D eigenvalue weighted by molar-refractivity contribution is -0.137. The van der Waals surface area contributed by atoms with Gasteiger partial charge in [0.05, 0.1) is 23.4 Å². The molecule has 0 saturated heterocycles. The summed E-state index contributed by atoms with van der Waals surface area (Å²) in [5.74, 6) is 0.516. The molecule has 9 heteroatoms. The quantitative estimate of drug-likeness (QED) is 0.727. The van der Waals surface area contributed by atoms with Crippen molar-refractivity contribution in [1.82, 2.24) is 15.2 Å². The average molecular weight is 356 g/mol. The molecule has 3 aromatic rings. The number of nitriles is 1. The average Bonchev–Trinajstić information content (AvgIpc) is 2.62. The van der Waals surface area contributed by atoms with Crippen LogP contribution in [0, 0.1) is 11.3 Å². The highest BCUT2D eigenvalue weighted by Crippen LogP contribution is 2.30. The van der Waals surface area contributed by atoms with Crippen LogP contribution in [-0.2, 0) is 6.18 Å². The molecule has 2 aromatic carbocycles. The molecule has 0 amide bonds. The van der Waals surface area contributed by atoms with Crippen molar-refractivity contribution in [3.8, 4) is 6.07 Å². The van der Waals surface area contributed by atoms with Crippen LogP contribution in [-0.4, -0.2) is 15.2 Å². The number of nitrogens with one attached hydrogen (secondary N) is 2. The van der Waals surface area contributed by atoms with Crippen molar-refractivity contribution in [3.05, 3.63) is 65.9 Å². The van der Waals surface area contributed by atoms with E-state index in [1.807, 2.05) is 6.07 Å². The van der Waals surface area contributed by atoms with Crippen LogP contribution < -0.4 is 10.6 Å². The Morgan fingerprint density at radius 2 is 1.50 bits per heavy atom. The highest BCUT2D eigenvalue weighted by Gasteiger charge is 2.29. The summed E-state index contributed by atoms with van der Waals surface area (Å²) in [7, 11) is 0. The third-order valence-corrected chi connectivity index (χ3v) is 3.31. The van der Waals surface area contributed by atoms with Crippen LogP contribution in [0.3, 0.4) is 0 Å². The zero-order valence-corrected chi connectivity index (χ0v) is 13.1. The van der Waals surface area contributed by atoms with Gasteiger partial charge in [-0.05, 0) is 48.5 Å². The number of aromatic nitrogens is 3. The van der Waals surface area contributed by atoms with Crippen molar-refractivity contribution in [3.63, 3.8) is 0 Å². The Morgan fingerprint density at radius 1 is 0.885 bits per heavy atom. The van der Waals surface area contributed by atoms with Crippen molar-refractivity contribution >= 4 is 23.1 Å². The van der Waals surface area contributed by atoms with Crippen LogP contribution in [0.1, 0.15) is 11.1 Å². The summed E-state index contributed by atoms with van der Waals surface area (Å²) in [5, 5.41) is 22.2. The maximum atomic E-state index is 12.6. The largest absolute Gasteiger partial charge is 0.416 e. The Kier molecular flexibility index (Phi) is 4.66. The van der Waals surface area contributed by atoms with E-state index in [0.29, 0.717) is 22.8 Å². The molecule has 0 saturated carbocycles. The first kappa shape index (κ1) is 17.2. The van der Waals surface area contributed by atoms with E-state index in [9.17, 15) is 13.2 Å². The summed E-state index contributed by atoms with van der Waals surface area (Å²) >= 11 is 0. The Labute approximate surface area is 146 Å². The maximum Gasteiger partial charge on any atom is 0.416 e. The van der Waals surface area contributed by atoms with Crippen molar-refractivity contribution in [2.45, 2.75) is 6.18 Å². The Hall–Kier alpha value is -3.67. The Morgan fingerprint density at radius 3 is 2.12 bits per heavy atom. The maximum absolute atomic E-state index is 12.6. The topological polar surface area (TPSA) is 86.5 Å². The SMILES string of the molecule is N#Cc1ccc(Nc2cnnc(Nc3ccc(C(F)(F)F)cc3)n2)cc1. The third-order valence-electron chi connectivity index (χ3n) is 3.31. The molecule has 0 bridgehead atoms. The molecule has 1 heterocycles. The molecule has 0 radical (unpaired) electrons. The van der Waals surface area contributed by atoms with Crippen LogP contribution in [0.2, 0.25) is 0 Å². The normalized spacial score (nSPS) is 10.8. The van der Waals surface area contributed by atoms with Crippen LogP contribution >= 0.6 is 0 Å². The minimum Gasteiger partial charge on any atom is -0.339 e. The van der Waals surface area contributed by atoms with E-state index >= 15 is 0 Å². The highest BCUT2D eigenvalue weighted by atomic mass is 19.4. The molecular formula is C17H11F3N6. The number of hydrogen-bond donors (Lipinski definition) is 2. The van der Waals surface area contributed by atoms with Crippen molar-refractivity contribution in [2.24, 2.45) is 0 Å². The standard InChI is InChI=1S/C17H11F3N6/c18-17(19,20)12-3-7-14(8-4-12)24-16-25-15(10-22-26-16)23-13-5-1-11(9-21)2-6-13/h1-8,10H,(H2,23,24,25,26). The van der Waals surface area contributed by atoms with Gasteiger partial charge in [-0.25, -0.2) is 0 Å². The highest BCUT2D eigenvalue weighted by molar-refractivity contribution is 5.59. The summed E-state index contributed by atoms with van der Waals surface area (Å²) in [6.07, 6.45) is -2.99. The molecule has 0 unspecified atom stereocenters. The van der Waals surface area contributed by atoms with E-state index in [1.165, 1.54) is 18.3 Å². The first-order valence-corrected chi connectivity index (χ1v) is 7.35. The molecule has 0 spiro atoms. The van der Waals surface area contributed by atoms with Gasteiger partial charge in [0.2, 0.25) is 5.95 Å². The first-order chi connectivity index (χ1) is 12.4. The monoisotopic (exact) mass is 356 g/mol. The Balaban J connectivity index is 1.71. The van der Waals surface area contributed by atoms with Crippen molar-refractivity contribution < 1.29 is 13.2 Å². The number of anilines is 4. The summed E-state index contributed by atoms with van der Waals surface area (Å²) in [4.78, 5) is 4.19. The fourth-order valence-electron chi connectivity index (χ4n) is 2.06. The molecule has 0 aliphatic rings. The summed E-state index contributed by atoms with van der Waals surface area (Å²) in [6.45, 7) is 0. The zero-order chi connectivity index (χ0) is 18.6. The van der Waals surface area contributed by atoms with Gasteiger partial charge in [-0.15, -0.1) is 5.10 Å². The van der Waals surface area contributed by atoms with Gasteiger partial charge in [-0.3, -0.25) is 0 Å². The molecule has 130 valence electrons. The van der Waals surface area contributed by atoms with E-state index in [-0.39, 0.29) is 5.95 Å². The lowest BCUT2D eigenvalue weighted by Gasteiger charge is -2.09. The van der Waals surface area contributed by atoms with E-state index in [1.54, 1.807) is 24.3 Å². The van der Waals surface area contributed by atoms with Gasteiger partial charge in [0.1, 0.15) is 0 Å². The third kappa shape index (κ3) is 4.24. The minimum atomic E-state index is -4.39.